The van der Waals surface area contributed by atoms with Crippen LogP contribution in [0.2, 0.25) is 5.02 Å². The predicted molar refractivity (Wildman–Crippen MR) is 71.7 cm³/mol. The monoisotopic (exact) mass is 275 g/mol. The normalized spacial score (nSPS) is 12.8. The fourth-order valence-electron chi connectivity index (χ4n) is 1.73. The summed E-state index contributed by atoms with van der Waals surface area (Å²) in [6, 6.07) is 1.69. The van der Waals surface area contributed by atoms with E-state index in [9.17, 15) is 9.90 Å². The number of thiophene rings is 1. The van der Waals surface area contributed by atoms with Crippen molar-refractivity contribution in [2.24, 2.45) is 5.92 Å². The van der Waals surface area contributed by atoms with Crippen molar-refractivity contribution in [2.45, 2.75) is 32.8 Å². The van der Waals surface area contributed by atoms with E-state index in [-0.39, 0.29) is 18.4 Å². The first kappa shape index (κ1) is 14.5. The molecule has 0 radical (unpaired) electrons. The van der Waals surface area contributed by atoms with Crippen molar-refractivity contribution in [3.05, 3.63) is 21.3 Å². The van der Waals surface area contributed by atoms with E-state index in [0.29, 0.717) is 9.90 Å². The molecule has 0 aliphatic rings. The molecule has 0 aromatic carbocycles. The highest BCUT2D eigenvalue weighted by molar-refractivity contribution is 7.12. The molecule has 0 fully saturated rings. The SMILES string of the molecule is CCC(CC)C(O)CNC(=O)c1sccc1Cl. The lowest BCUT2D eigenvalue weighted by atomic mass is 9.96. The first-order chi connectivity index (χ1) is 8.10. The molecule has 1 unspecified atom stereocenters. The van der Waals surface area contributed by atoms with Gasteiger partial charge in [-0.05, 0) is 17.4 Å². The summed E-state index contributed by atoms with van der Waals surface area (Å²) in [5.74, 6) is 0.0177. The lowest BCUT2D eigenvalue weighted by Gasteiger charge is -2.20. The molecule has 1 amide bonds. The van der Waals surface area contributed by atoms with Crippen molar-refractivity contribution in [3.8, 4) is 0 Å². The third-order valence-corrected chi connectivity index (χ3v) is 4.23. The number of carbonyl (C=O) groups is 1. The molecule has 0 bridgehead atoms. The Morgan fingerprint density at radius 1 is 1.53 bits per heavy atom. The van der Waals surface area contributed by atoms with Crippen LogP contribution in [-0.4, -0.2) is 23.7 Å². The van der Waals surface area contributed by atoms with Gasteiger partial charge in [0.25, 0.3) is 5.91 Å². The topological polar surface area (TPSA) is 49.3 Å². The highest BCUT2D eigenvalue weighted by Crippen LogP contribution is 2.21. The Morgan fingerprint density at radius 2 is 2.18 bits per heavy atom. The summed E-state index contributed by atoms with van der Waals surface area (Å²) in [6.45, 7) is 4.35. The first-order valence-electron chi connectivity index (χ1n) is 5.79. The maximum Gasteiger partial charge on any atom is 0.262 e. The molecule has 1 rings (SSSR count). The smallest absolute Gasteiger partial charge is 0.262 e. The van der Waals surface area contributed by atoms with E-state index in [2.05, 4.69) is 5.32 Å². The minimum Gasteiger partial charge on any atom is -0.391 e. The largest absolute Gasteiger partial charge is 0.391 e. The fourth-order valence-corrected chi connectivity index (χ4v) is 2.79. The van der Waals surface area contributed by atoms with Gasteiger partial charge in [-0.1, -0.05) is 38.3 Å². The van der Waals surface area contributed by atoms with Crippen molar-refractivity contribution in [2.75, 3.05) is 6.54 Å². The number of hydrogen-bond donors (Lipinski definition) is 2. The molecule has 0 aliphatic heterocycles. The second-order valence-electron chi connectivity index (χ2n) is 3.95. The van der Waals surface area contributed by atoms with Crippen molar-refractivity contribution >= 4 is 28.8 Å². The van der Waals surface area contributed by atoms with Crippen LogP contribution in [-0.2, 0) is 0 Å². The fraction of sp³-hybridized carbons (Fsp3) is 0.583. The van der Waals surface area contributed by atoms with E-state index in [1.54, 1.807) is 11.4 Å². The van der Waals surface area contributed by atoms with Crippen LogP contribution < -0.4 is 5.32 Å². The number of nitrogens with one attached hydrogen (secondary N) is 1. The Balaban J connectivity index is 2.46. The van der Waals surface area contributed by atoms with Gasteiger partial charge in [0.05, 0.1) is 11.1 Å². The van der Waals surface area contributed by atoms with Gasteiger partial charge >= 0.3 is 0 Å². The molecule has 2 N–H and O–H groups in total. The standard InChI is InChI=1S/C12H18ClNO2S/c1-3-8(4-2)10(15)7-14-12(16)11-9(13)5-6-17-11/h5-6,8,10,15H,3-4,7H2,1-2H3,(H,14,16). The number of carbonyl (C=O) groups excluding carboxylic acids is 1. The van der Waals surface area contributed by atoms with Gasteiger partial charge in [-0.25, -0.2) is 0 Å². The molecule has 0 saturated carbocycles. The number of aliphatic hydroxyl groups excluding tert-OH is 1. The summed E-state index contributed by atoms with van der Waals surface area (Å²) >= 11 is 7.16. The minimum atomic E-state index is -0.493. The van der Waals surface area contributed by atoms with Crippen LogP contribution in [0.15, 0.2) is 11.4 Å². The molecule has 17 heavy (non-hydrogen) atoms. The van der Waals surface area contributed by atoms with Crippen molar-refractivity contribution in [1.29, 1.82) is 0 Å². The van der Waals surface area contributed by atoms with Crippen LogP contribution >= 0.6 is 22.9 Å². The molecule has 1 atom stereocenters. The number of rotatable bonds is 6. The van der Waals surface area contributed by atoms with E-state index in [4.69, 9.17) is 11.6 Å². The summed E-state index contributed by atoms with van der Waals surface area (Å²) < 4.78 is 0. The summed E-state index contributed by atoms with van der Waals surface area (Å²) in [7, 11) is 0. The third kappa shape index (κ3) is 3.98. The van der Waals surface area contributed by atoms with E-state index < -0.39 is 6.10 Å². The van der Waals surface area contributed by atoms with Crippen molar-refractivity contribution in [3.63, 3.8) is 0 Å². The van der Waals surface area contributed by atoms with Gasteiger partial charge in [0, 0.05) is 6.54 Å². The van der Waals surface area contributed by atoms with E-state index in [1.807, 2.05) is 13.8 Å². The number of halogens is 1. The number of hydrogen-bond acceptors (Lipinski definition) is 3. The zero-order valence-corrected chi connectivity index (χ0v) is 11.6. The zero-order chi connectivity index (χ0) is 12.8. The van der Waals surface area contributed by atoms with Crippen LogP contribution in [0.5, 0.6) is 0 Å². The average Bonchev–Trinajstić information content (AvgIpc) is 2.74. The maximum absolute atomic E-state index is 11.7. The minimum absolute atomic E-state index is 0.213. The van der Waals surface area contributed by atoms with Crippen molar-refractivity contribution in [1.82, 2.24) is 5.32 Å². The Kier molecular flexibility index (Phi) is 5.95. The Labute approximate surface area is 111 Å². The second kappa shape index (κ2) is 6.99. The summed E-state index contributed by atoms with van der Waals surface area (Å²) in [5, 5.41) is 14.8. The molecule has 1 aromatic rings. The Morgan fingerprint density at radius 3 is 2.65 bits per heavy atom. The van der Waals surface area contributed by atoms with Gasteiger partial charge in [0.1, 0.15) is 4.88 Å². The molecular weight excluding hydrogens is 258 g/mol. The van der Waals surface area contributed by atoms with Crippen LogP contribution in [0.3, 0.4) is 0 Å². The highest BCUT2D eigenvalue weighted by Gasteiger charge is 2.18. The molecule has 1 aromatic heterocycles. The van der Waals surface area contributed by atoms with Crippen LogP contribution in [0.4, 0.5) is 0 Å². The van der Waals surface area contributed by atoms with Crippen LogP contribution in [0.25, 0.3) is 0 Å². The second-order valence-corrected chi connectivity index (χ2v) is 5.27. The summed E-state index contributed by atoms with van der Waals surface area (Å²) in [6.07, 6.45) is 1.33. The molecule has 3 nitrogen and oxygen atoms in total. The molecule has 5 heteroatoms. The summed E-state index contributed by atoms with van der Waals surface area (Å²) in [4.78, 5) is 12.2. The van der Waals surface area contributed by atoms with Gasteiger partial charge in [-0.3, -0.25) is 4.79 Å². The molecule has 0 saturated heterocycles. The summed E-state index contributed by atoms with van der Waals surface area (Å²) in [5.41, 5.74) is 0. The van der Waals surface area contributed by atoms with Gasteiger partial charge in [0.2, 0.25) is 0 Å². The lowest BCUT2D eigenvalue weighted by Crippen LogP contribution is -2.35. The molecule has 1 heterocycles. The number of amides is 1. The van der Waals surface area contributed by atoms with Gasteiger partial charge < -0.3 is 10.4 Å². The predicted octanol–water partition coefficient (Wildman–Crippen LogP) is 2.93. The van der Waals surface area contributed by atoms with E-state index in [1.165, 1.54) is 11.3 Å². The van der Waals surface area contributed by atoms with Crippen LogP contribution in [0.1, 0.15) is 36.4 Å². The quantitative estimate of drug-likeness (QED) is 0.839. The average molecular weight is 276 g/mol. The maximum atomic E-state index is 11.7. The molecule has 0 aliphatic carbocycles. The van der Waals surface area contributed by atoms with E-state index >= 15 is 0 Å². The zero-order valence-electron chi connectivity index (χ0n) is 10.1. The highest BCUT2D eigenvalue weighted by atomic mass is 35.5. The Hall–Kier alpha value is -0.580. The molecule has 0 spiro atoms. The van der Waals surface area contributed by atoms with Crippen LogP contribution in [0, 0.1) is 5.92 Å². The lowest BCUT2D eigenvalue weighted by molar-refractivity contribution is 0.0820. The van der Waals surface area contributed by atoms with Crippen molar-refractivity contribution < 1.29 is 9.90 Å². The Bertz CT molecular complexity index is 363. The van der Waals surface area contributed by atoms with Gasteiger partial charge in [-0.2, -0.15) is 0 Å². The third-order valence-electron chi connectivity index (χ3n) is 2.89. The molecule has 96 valence electrons. The first-order valence-corrected chi connectivity index (χ1v) is 7.05. The van der Waals surface area contributed by atoms with Gasteiger partial charge in [0.15, 0.2) is 0 Å². The molecular formula is C12H18ClNO2S. The number of aliphatic hydroxyl groups is 1. The van der Waals surface area contributed by atoms with Gasteiger partial charge in [-0.15, -0.1) is 11.3 Å². The van der Waals surface area contributed by atoms with E-state index in [0.717, 1.165) is 12.8 Å².